The molecular weight excluding hydrogens is 751 g/mol. The van der Waals surface area contributed by atoms with E-state index in [4.69, 9.17) is 4.42 Å². The van der Waals surface area contributed by atoms with Crippen LogP contribution >= 0.6 is 0 Å². The molecule has 0 N–H and O–H groups in total. The van der Waals surface area contributed by atoms with Gasteiger partial charge in [0, 0.05) is 33.1 Å². The molecule has 0 spiro atoms. The average molecular weight is 790 g/mol. The smallest absolute Gasteiger partial charge is 0.143 e. The lowest BCUT2D eigenvalue weighted by Crippen LogP contribution is -2.11. The van der Waals surface area contributed by atoms with Gasteiger partial charge in [-0.05, 0) is 114 Å². The van der Waals surface area contributed by atoms with Crippen molar-refractivity contribution in [3.8, 4) is 44.5 Å². The van der Waals surface area contributed by atoms with Crippen LogP contribution in [0.15, 0.2) is 241 Å². The number of nitrogens with zero attached hydrogens (tertiary/aromatic N) is 1. The van der Waals surface area contributed by atoms with Crippen LogP contribution < -0.4 is 4.90 Å². The third kappa shape index (κ3) is 6.12. The zero-order chi connectivity index (χ0) is 41.0. The van der Waals surface area contributed by atoms with Crippen LogP contribution in [0.2, 0.25) is 0 Å². The van der Waals surface area contributed by atoms with Gasteiger partial charge in [0.2, 0.25) is 0 Å². The van der Waals surface area contributed by atoms with Crippen LogP contribution in [0.25, 0.3) is 98.8 Å². The van der Waals surface area contributed by atoms with Gasteiger partial charge in [-0.3, -0.25) is 0 Å². The Balaban J connectivity index is 0.994. The zero-order valence-electron chi connectivity index (χ0n) is 33.9. The summed E-state index contributed by atoms with van der Waals surface area (Å²) in [6.07, 6.45) is 0. The standard InChI is InChI=1S/C60H39NO/c1-2-15-46-38-48(31-28-40(46)12-1)47-17-9-18-50(39-47)61(49-35-32-42(33-36-49)41-26-29-45(30-27-41)52-22-10-16-43-13-3-5-19-51(43)52)57-24-8-7-21-54(57)55-23-11-25-58-59(55)56-37-34-44-14-4-6-20-53(44)60(56)62-58/h1-39H. The van der Waals surface area contributed by atoms with Crippen LogP contribution in [-0.2, 0) is 0 Å². The highest BCUT2D eigenvalue weighted by Crippen LogP contribution is 2.46. The Kier molecular flexibility index (Phi) is 8.53. The van der Waals surface area contributed by atoms with Gasteiger partial charge in [0.1, 0.15) is 11.2 Å². The van der Waals surface area contributed by atoms with Gasteiger partial charge < -0.3 is 9.32 Å². The monoisotopic (exact) mass is 789 g/mol. The van der Waals surface area contributed by atoms with E-state index in [-0.39, 0.29) is 0 Å². The highest BCUT2D eigenvalue weighted by Gasteiger charge is 2.21. The lowest BCUT2D eigenvalue weighted by molar-refractivity contribution is 0.673. The average Bonchev–Trinajstić information content (AvgIpc) is 3.74. The molecule has 0 aliphatic carbocycles. The van der Waals surface area contributed by atoms with Gasteiger partial charge in [0.15, 0.2) is 0 Å². The third-order valence-electron chi connectivity index (χ3n) is 12.5. The summed E-state index contributed by atoms with van der Waals surface area (Å²) in [6.45, 7) is 0. The summed E-state index contributed by atoms with van der Waals surface area (Å²) in [7, 11) is 0. The van der Waals surface area contributed by atoms with Gasteiger partial charge in [0.25, 0.3) is 0 Å². The molecule has 0 fully saturated rings. The van der Waals surface area contributed by atoms with Gasteiger partial charge in [-0.1, -0.05) is 188 Å². The predicted molar refractivity (Wildman–Crippen MR) is 263 cm³/mol. The molecule has 2 nitrogen and oxygen atoms in total. The van der Waals surface area contributed by atoms with Crippen molar-refractivity contribution in [2.45, 2.75) is 0 Å². The molecule has 0 saturated heterocycles. The van der Waals surface area contributed by atoms with Crippen molar-refractivity contribution in [3.05, 3.63) is 237 Å². The second kappa shape index (κ2) is 14.8. The van der Waals surface area contributed by atoms with Crippen LogP contribution in [0.4, 0.5) is 17.1 Å². The molecular formula is C60H39NO. The molecule has 62 heavy (non-hydrogen) atoms. The van der Waals surface area contributed by atoms with Crippen molar-refractivity contribution < 1.29 is 4.42 Å². The van der Waals surface area contributed by atoms with E-state index in [9.17, 15) is 0 Å². The van der Waals surface area contributed by atoms with Crippen molar-refractivity contribution in [2.75, 3.05) is 4.90 Å². The van der Waals surface area contributed by atoms with E-state index >= 15 is 0 Å². The first-order valence-electron chi connectivity index (χ1n) is 21.2. The molecule has 0 aliphatic heterocycles. The van der Waals surface area contributed by atoms with E-state index in [0.717, 1.165) is 61.1 Å². The van der Waals surface area contributed by atoms with Gasteiger partial charge in [-0.2, -0.15) is 0 Å². The molecule has 1 aromatic heterocycles. The second-order valence-electron chi connectivity index (χ2n) is 16.1. The third-order valence-corrected chi connectivity index (χ3v) is 12.5. The number of benzene rings is 11. The Morgan fingerprint density at radius 1 is 0.290 bits per heavy atom. The summed E-state index contributed by atoms with van der Waals surface area (Å²) >= 11 is 0. The molecule has 0 atom stereocenters. The first-order chi connectivity index (χ1) is 30.7. The van der Waals surface area contributed by atoms with E-state index in [2.05, 4.69) is 241 Å². The number of rotatable bonds is 7. The molecule has 0 radical (unpaired) electrons. The molecule has 0 unspecified atom stereocenters. The SMILES string of the molecule is c1cc(-c2ccc3ccccc3c2)cc(N(c2ccc(-c3ccc(-c4cccc5ccccc45)cc3)cc2)c2ccccc2-c2cccc3oc4c5ccccc5ccc4c23)c1. The molecule has 0 bridgehead atoms. The minimum atomic E-state index is 0.879. The normalized spacial score (nSPS) is 11.5. The molecule has 1 heterocycles. The Bertz CT molecular complexity index is 3630. The number of para-hydroxylation sites is 1. The van der Waals surface area contributed by atoms with E-state index in [1.807, 2.05) is 0 Å². The Hall–Kier alpha value is -8.20. The van der Waals surface area contributed by atoms with Gasteiger partial charge in [-0.15, -0.1) is 0 Å². The Labute approximate surface area is 360 Å². The maximum atomic E-state index is 6.69. The molecule has 2 heteroatoms. The Morgan fingerprint density at radius 2 is 0.855 bits per heavy atom. The molecule has 12 rings (SSSR count). The van der Waals surface area contributed by atoms with Gasteiger partial charge in [-0.25, -0.2) is 0 Å². The lowest BCUT2D eigenvalue weighted by Gasteiger charge is -2.28. The molecule has 11 aromatic carbocycles. The number of furan rings is 1. The number of hydrogen-bond donors (Lipinski definition) is 0. The lowest BCUT2D eigenvalue weighted by atomic mass is 9.95. The molecule has 290 valence electrons. The van der Waals surface area contributed by atoms with E-state index < -0.39 is 0 Å². The fourth-order valence-corrected chi connectivity index (χ4v) is 9.42. The fourth-order valence-electron chi connectivity index (χ4n) is 9.42. The van der Waals surface area contributed by atoms with Crippen LogP contribution in [-0.4, -0.2) is 0 Å². The number of hydrogen-bond acceptors (Lipinski definition) is 2. The first kappa shape index (κ1) is 35.7. The van der Waals surface area contributed by atoms with Crippen LogP contribution in [0.3, 0.4) is 0 Å². The van der Waals surface area contributed by atoms with E-state index in [1.165, 1.54) is 54.7 Å². The van der Waals surface area contributed by atoms with E-state index in [0.29, 0.717) is 0 Å². The summed E-state index contributed by atoms with van der Waals surface area (Å²) in [6, 6.07) is 85.5. The topological polar surface area (TPSA) is 16.4 Å². The molecule has 0 saturated carbocycles. The van der Waals surface area contributed by atoms with Crippen LogP contribution in [0.5, 0.6) is 0 Å². The zero-order valence-corrected chi connectivity index (χ0v) is 33.9. The van der Waals surface area contributed by atoms with Crippen molar-refractivity contribution in [2.24, 2.45) is 0 Å². The van der Waals surface area contributed by atoms with Gasteiger partial charge >= 0.3 is 0 Å². The predicted octanol–water partition coefficient (Wildman–Crippen LogP) is 17.2. The maximum absolute atomic E-state index is 6.69. The Morgan fingerprint density at radius 3 is 1.69 bits per heavy atom. The highest BCUT2D eigenvalue weighted by atomic mass is 16.3. The fraction of sp³-hybridized carbons (Fsp3) is 0. The largest absolute Gasteiger partial charge is 0.455 e. The highest BCUT2D eigenvalue weighted by molar-refractivity contribution is 6.19. The molecule has 12 aromatic rings. The van der Waals surface area contributed by atoms with Crippen molar-refractivity contribution in [3.63, 3.8) is 0 Å². The van der Waals surface area contributed by atoms with Crippen molar-refractivity contribution >= 4 is 71.3 Å². The van der Waals surface area contributed by atoms with Crippen LogP contribution in [0, 0.1) is 0 Å². The first-order valence-corrected chi connectivity index (χ1v) is 21.2. The summed E-state index contributed by atoms with van der Waals surface area (Å²) in [5, 5.41) is 9.51. The maximum Gasteiger partial charge on any atom is 0.143 e. The minimum absolute atomic E-state index is 0.879. The van der Waals surface area contributed by atoms with Crippen LogP contribution in [0.1, 0.15) is 0 Å². The number of fused-ring (bicyclic) bond motifs is 7. The number of anilines is 3. The second-order valence-corrected chi connectivity index (χ2v) is 16.1. The van der Waals surface area contributed by atoms with Crippen molar-refractivity contribution in [1.82, 2.24) is 0 Å². The van der Waals surface area contributed by atoms with Gasteiger partial charge in [0.05, 0.1) is 5.69 Å². The van der Waals surface area contributed by atoms with Crippen molar-refractivity contribution in [1.29, 1.82) is 0 Å². The summed E-state index contributed by atoms with van der Waals surface area (Å²) < 4.78 is 6.69. The molecule has 0 amide bonds. The minimum Gasteiger partial charge on any atom is -0.455 e. The summed E-state index contributed by atoms with van der Waals surface area (Å²) in [5.74, 6) is 0. The summed E-state index contributed by atoms with van der Waals surface area (Å²) in [5.41, 5.74) is 14.4. The van der Waals surface area contributed by atoms with E-state index in [1.54, 1.807) is 0 Å². The molecule has 0 aliphatic rings. The quantitative estimate of drug-likeness (QED) is 0.160. The summed E-state index contributed by atoms with van der Waals surface area (Å²) in [4.78, 5) is 2.41.